The van der Waals surface area contributed by atoms with E-state index in [9.17, 15) is 9.59 Å². The van der Waals surface area contributed by atoms with Crippen molar-refractivity contribution in [3.05, 3.63) is 71.1 Å². The summed E-state index contributed by atoms with van der Waals surface area (Å²) in [5.41, 5.74) is 1.23. The molecule has 1 atom stereocenters. The Morgan fingerprint density at radius 1 is 1.17 bits per heavy atom. The number of hydrogen-bond donors (Lipinski definition) is 0. The molecule has 0 unspecified atom stereocenters. The lowest BCUT2D eigenvalue weighted by molar-refractivity contribution is 0.0314. The van der Waals surface area contributed by atoms with E-state index >= 15 is 0 Å². The van der Waals surface area contributed by atoms with Gasteiger partial charge >= 0.3 is 5.97 Å². The lowest BCUT2D eigenvalue weighted by Gasteiger charge is -2.11. The van der Waals surface area contributed by atoms with E-state index in [0.29, 0.717) is 16.2 Å². The number of halogens is 1. The quantitative estimate of drug-likeness (QED) is 0.544. The van der Waals surface area contributed by atoms with Crippen molar-refractivity contribution in [1.82, 2.24) is 9.38 Å². The molecule has 0 aliphatic heterocycles. The summed E-state index contributed by atoms with van der Waals surface area (Å²) in [5.74, 6) is -0.928. The van der Waals surface area contributed by atoms with E-state index in [1.165, 1.54) is 6.92 Å². The highest BCUT2D eigenvalue weighted by atomic mass is 35.5. The van der Waals surface area contributed by atoms with E-state index in [0.717, 1.165) is 0 Å². The van der Waals surface area contributed by atoms with Crippen molar-refractivity contribution in [2.75, 3.05) is 0 Å². The molecule has 0 saturated carbocycles. The number of pyridine rings is 1. The summed E-state index contributed by atoms with van der Waals surface area (Å²) < 4.78 is 6.93. The molecule has 0 aliphatic carbocycles. The van der Waals surface area contributed by atoms with E-state index in [2.05, 4.69) is 4.98 Å². The van der Waals surface area contributed by atoms with Crippen molar-refractivity contribution in [2.24, 2.45) is 0 Å². The predicted molar refractivity (Wildman–Crippen MR) is 85.9 cm³/mol. The Morgan fingerprint density at radius 3 is 2.61 bits per heavy atom. The number of fused-ring (bicyclic) bond motifs is 1. The second kappa shape index (κ2) is 6.22. The third-order valence-electron chi connectivity index (χ3n) is 3.35. The number of aromatic nitrogens is 2. The molecular weight excluding hydrogens is 316 g/mol. The lowest BCUT2D eigenvalue weighted by atomic mass is 10.1. The SMILES string of the molecule is C[C@@H](OC(=O)c1cn2ccccc2n1)C(=O)c1ccc(Cl)cc1. The van der Waals surface area contributed by atoms with E-state index in [4.69, 9.17) is 16.3 Å². The predicted octanol–water partition coefficient (Wildman–Crippen LogP) is 3.42. The number of benzene rings is 1. The molecule has 0 radical (unpaired) electrons. The largest absolute Gasteiger partial charge is 0.449 e. The zero-order chi connectivity index (χ0) is 16.4. The molecule has 0 amide bonds. The van der Waals surface area contributed by atoms with Crippen LogP contribution in [0.25, 0.3) is 5.65 Å². The van der Waals surface area contributed by atoms with E-state index in [-0.39, 0.29) is 11.5 Å². The molecule has 6 heteroatoms. The van der Waals surface area contributed by atoms with Crippen LogP contribution in [0.2, 0.25) is 5.02 Å². The molecule has 2 heterocycles. The molecule has 0 saturated heterocycles. The van der Waals surface area contributed by atoms with Gasteiger partial charge in [0.15, 0.2) is 11.8 Å². The van der Waals surface area contributed by atoms with Gasteiger partial charge in [-0.25, -0.2) is 9.78 Å². The fourth-order valence-corrected chi connectivity index (χ4v) is 2.28. The Bertz CT molecular complexity index is 838. The Labute approximate surface area is 137 Å². The van der Waals surface area contributed by atoms with Gasteiger partial charge in [-0.05, 0) is 43.3 Å². The first kappa shape index (κ1) is 15.2. The van der Waals surface area contributed by atoms with Crippen LogP contribution in [0.5, 0.6) is 0 Å². The fraction of sp³-hybridized carbons (Fsp3) is 0.118. The van der Waals surface area contributed by atoms with Crippen LogP contribution < -0.4 is 0 Å². The van der Waals surface area contributed by atoms with Crippen LogP contribution in [-0.4, -0.2) is 27.2 Å². The van der Waals surface area contributed by atoms with E-state index < -0.39 is 12.1 Å². The maximum Gasteiger partial charge on any atom is 0.359 e. The Morgan fingerprint density at radius 2 is 1.91 bits per heavy atom. The molecule has 23 heavy (non-hydrogen) atoms. The zero-order valence-electron chi connectivity index (χ0n) is 12.3. The summed E-state index contributed by atoms with van der Waals surface area (Å²) in [6.07, 6.45) is 2.44. The van der Waals surface area contributed by atoms with Crippen LogP contribution in [0, 0.1) is 0 Å². The van der Waals surface area contributed by atoms with Crippen molar-refractivity contribution in [2.45, 2.75) is 13.0 Å². The average Bonchev–Trinajstić information content (AvgIpc) is 2.99. The van der Waals surface area contributed by atoms with Gasteiger partial charge < -0.3 is 9.14 Å². The first-order valence-electron chi connectivity index (χ1n) is 6.99. The Hall–Kier alpha value is -2.66. The first-order valence-corrected chi connectivity index (χ1v) is 7.37. The van der Waals surface area contributed by atoms with Gasteiger partial charge in [-0.15, -0.1) is 0 Å². The third-order valence-corrected chi connectivity index (χ3v) is 3.61. The zero-order valence-corrected chi connectivity index (χ0v) is 13.0. The van der Waals surface area contributed by atoms with Crippen LogP contribution in [0.1, 0.15) is 27.8 Å². The van der Waals surface area contributed by atoms with Gasteiger partial charge in [0, 0.05) is 23.0 Å². The molecule has 2 aromatic heterocycles. The highest BCUT2D eigenvalue weighted by Crippen LogP contribution is 2.13. The second-order valence-corrected chi connectivity index (χ2v) is 5.45. The maximum atomic E-state index is 12.2. The van der Waals surface area contributed by atoms with E-state index in [1.807, 2.05) is 12.1 Å². The smallest absolute Gasteiger partial charge is 0.359 e. The number of esters is 1. The lowest BCUT2D eigenvalue weighted by Crippen LogP contribution is -2.24. The van der Waals surface area contributed by atoms with Gasteiger partial charge in [-0.2, -0.15) is 0 Å². The standard InChI is InChI=1S/C17H13ClN2O3/c1-11(16(21)12-5-7-13(18)8-6-12)23-17(22)14-10-20-9-3-2-4-15(20)19-14/h2-11H,1H3/t11-/m1/s1. The molecule has 3 rings (SSSR count). The van der Waals surface area contributed by atoms with Crippen LogP contribution in [-0.2, 0) is 4.74 Å². The van der Waals surface area contributed by atoms with Gasteiger partial charge in [-0.3, -0.25) is 4.79 Å². The van der Waals surface area contributed by atoms with Crippen molar-refractivity contribution in [3.63, 3.8) is 0 Å². The molecule has 0 fully saturated rings. The molecule has 0 bridgehead atoms. The van der Waals surface area contributed by atoms with E-state index in [1.54, 1.807) is 47.1 Å². The minimum Gasteiger partial charge on any atom is -0.449 e. The summed E-state index contributed by atoms with van der Waals surface area (Å²) in [5, 5.41) is 0.538. The number of hydrogen-bond acceptors (Lipinski definition) is 4. The number of carbonyl (C=O) groups excluding carboxylic acids is 2. The summed E-state index contributed by atoms with van der Waals surface area (Å²) in [7, 11) is 0. The van der Waals surface area contributed by atoms with Gasteiger partial charge in [0.2, 0.25) is 5.78 Å². The third kappa shape index (κ3) is 3.24. The average molecular weight is 329 g/mol. The highest BCUT2D eigenvalue weighted by Gasteiger charge is 2.22. The van der Waals surface area contributed by atoms with Gasteiger partial charge in [-0.1, -0.05) is 17.7 Å². The summed E-state index contributed by atoms with van der Waals surface area (Å²) in [6, 6.07) is 11.9. The minimum absolute atomic E-state index is 0.159. The van der Waals surface area contributed by atoms with Crippen LogP contribution >= 0.6 is 11.6 Å². The van der Waals surface area contributed by atoms with Crippen LogP contribution in [0.15, 0.2) is 54.9 Å². The summed E-state index contributed by atoms with van der Waals surface area (Å²) in [4.78, 5) is 28.6. The second-order valence-electron chi connectivity index (χ2n) is 5.01. The number of carbonyl (C=O) groups is 2. The molecule has 5 nitrogen and oxygen atoms in total. The van der Waals surface area contributed by atoms with Crippen LogP contribution in [0.3, 0.4) is 0 Å². The minimum atomic E-state index is -0.909. The van der Waals surface area contributed by atoms with Gasteiger partial charge in [0.25, 0.3) is 0 Å². The topological polar surface area (TPSA) is 60.7 Å². The number of nitrogens with zero attached hydrogens (tertiary/aromatic N) is 2. The Balaban J connectivity index is 1.73. The van der Waals surface area contributed by atoms with Gasteiger partial charge in [0.1, 0.15) is 5.65 Å². The number of rotatable bonds is 4. The molecule has 0 N–H and O–H groups in total. The molecule has 0 aliphatic rings. The van der Waals surface area contributed by atoms with Gasteiger partial charge in [0.05, 0.1) is 0 Å². The van der Waals surface area contributed by atoms with Crippen molar-refractivity contribution in [1.29, 1.82) is 0 Å². The fourth-order valence-electron chi connectivity index (χ4n) is 2.16. The summed E-state index contributed by atoms with van der Waals surface area (Å²) >= 11 is 5.79. The highest BCUT2D eigenvalue weighted by molar-refractivity contribution is 6.30. The summed E-state index contributed by atoms with van der Waals surface area (Å²) in [6.45, 7) is 1.53. The first-order chi connectivity index (χ1) is 11.0. The number of imidazole rings is 1. The molecular formula is C17H13ClN2O3. The molecule has 0 spiro atoms. The Kier molecular flexibility index (Phi) is 4.12. The van der Waals surface area contributed by atoms with Crippen molar-refractivity contribution >= 4 is 29.0 Å². The molecule has 116 valence electrons. The molecule has 1 aromatic carbocycles. The number of ether oxygens (including phenoxy) is 1. The van der Waals surface area contributed by atoms with Crippen molar-refractivity contribution < 1.29 is 14.3 Å². The number of Topliss-reactive ketones (excluding diaryl/α,β-unsaturated/α-hetero) is 1. The molecule has 3 aromatic rings. The maximum absolute atomic E-state index is 12.2. The van der Waals surface area contributed by atoms with Crippen LogP contribution in [0.4, 0.5) is 0 Å². The number of ketones is 1. The van der Waals surface area contributed by atoms with Crippen molar-refractivity contribution in [3.8, 4) is 0 Å². The normalized spacial score (nSPS) is 12.1. The monoisotopic (exact) mass is 328 g/mol.